The minimum atomic E-state index is -1.01. The molecule has 2 heterocycles. The first-order valence-corrected chi connectivity index (χ1v) is 9.77. The smallest absolute Gasteiger partial charge is 0.265 e. The van der Waals surface area contributed by atoms with Gasteiger partial charge in [-0.1, -0.05) is 24.3 Å². The molecule has 2 aromatic carbocycles. The van der Waals surface area contributed by atoms with Gasteiger partial charge in [-0.25, -0.2) is 0 Å². The van der Waals surface area contributed by atoms with Gasteiger partial charge in [-0.2, -0.15) is 0 Å². The second-order valence-electron chi connectivity index (χ2n) is 7.60. The van der Waals surface area contributed by atoms with Gasteiger partial charge in [0, 0.05) is 18.3 Å². The number of rotatable bonds is 5. The molecule has 0 aliphatic carbocycles. The van der Waals surface area contributed by atoms with Crippen LogP contribution in [-0.2, 0) is 9.59 Å². The summed E-state index contributed by atoms with van der Waals surface area (Å²) in [4.78, 5) is 52.7. The standard InChI is InChI=1S/C23H21N3O5/c1-13(2)11-25-18-9-8-15(10-19(18)31-12-20(25)27)24-21(28)14(3)26-22(29)16-6-4-5-7-17(16)23(26)30/h4-10,14H,1,11-12H2,2-3H3,(H,24,28). The fourth-order valence-electron chi connectivity index (χ4n) is 3.65. The maximum atomic E-state index is 12.8. The number of nitrogens with one attached hydrogen (secondary N) is 1. The average Bonchev–Trinajstić information content (AvgIpc) is 3.00. The number of anilines is 2. The number of amides is 4. The first-order valence-electron chi connectivity index (χ1n) is 9.77. The molecule has 4 rings (SSSR count). The maximum absolute atomic E-state index is 12.8. The molecule has 2 aromatic rings. The summed E-state index contributed by atoms with van der Waals surface area (Å²) in [6, 6.07) is 10.4. The number of carbonyl (C=O) groups is 4. The predicted molar refractivity (Wildman–Crippen MR) is 114 cm³/mol. The van der Waals surface area contributed by atoms with Crippen LogP contribution in [0.1, 0.15) is 34.6 Å². The Morgan fingerprint density at radius 3 is 2.39 bits per heavy atom. The average molecular weight is 419 g/mol. The Balaban J connectivity index is 1.52. The van der Waals surface area contributed by atoms with Crippen LogP contribution >= 0.6 is 0 Å². The van der Waals surface area contributed by atoms with Crippen molar-refractivity contribution >= 4 is 35.0 Å². The third kappa shape index (κ3) is 3.56. The number of hydrogen-bond donors (Lipinski definition) is 1. The third-order valence-corrected chi connectivity index (χ3v) is 5.19. The Labute approximate surface area is 179 Å². The summed E-state index contributed by atoms with van der Waals surface area (Å²) >= 11 is 0. The van der Waals surface area contributed by atoms with E-state index in [2.05, 4.69) is 11.9 Å². The van der Waals surface area contributed by atoms with Crippen LogP contribution < -0.4 is 15.0 Å². The van der Waals surface area contributed by atoms with Gasteiger partial charge in [0.15, 0.2) is 6.61 Å². The summed E-state index contributed by atoms with van der Waals surface area (Å²) in [6.07, 6.45) is 0. The second-order valence-corrected chi connectivity index (χ2v) is 7.60. The molecule has 2 aliphatic rings. The fraction of sp³-hybridized carbons (Fsp3) is 0.217. The molecule has 0 radical (unpaired) electrons. The molecule has 158 valence electrons. The van der Waals surface area contributed by atoms with Crippen molar-refractivity contribution in [3.8, 4) is 5.75 Å². The molecule has 0 bridgehead atoms. The summed E-state index contributed by atoms with van der Waals surface area (Å²) in [6.45, 7) is 7.44. The van der Waals surface area contributed by atoms with Crippen molar-refractivity contribution in [1.82, 2.24) is 4.90 Å². The van der Waals surface area contributed by atoms with E-state index >= 15 is 0 Å². The topological polar surface area (TPSA) is 96.0 Å². The predicted octanol–water partition coefficient (Wildman–Crippen LogP) is 2.61. The van der Waals surface area contributed by atoms with Gasteiger partial charge in [-0.3, -0.25) is 24.1 Å². The molecule has 1 atom stereocenters. The van der Waals surface area contributed by atoms with Crippen molar-refractivity contribution in [2.75, 3.05) is 23.4 Å². The highest BCUT2D eigenvalue weighted by Gasteiger charge is 2.40. The van der Waals surface area contributed by atoms with Crippen LogP contribution in [0.3, 0.4) is 0 Å². The molecule has 0 saturated heterocycles. The molecule has 31 heavy (non-hydrogen) atoms. The summed E-state index contributed by atoms with van der Waals surface area (Å²) in [5.41, 5.74) is 2.42. The number of fused-ring (bicyclic) bond motifs is 2. The van der Waals surface area contributed by atoms with Crippen LogP contribution in [0, 0.1) is 0 Å². The van der Waals surface area contributed by atoms with E-state index in [4.69, 9.17) is 4.74 Å². The van der Waals surface area contributed by atoms with E-state index in [1.54, 1.807) is 47.4 Å². The quantitative estimate of drug-likeness (QED) is 0.594. The highest BCUT2D eigenvalue weighted by molar-refractivity contribution is 6.23. The van der Waals surface area contributed by atoms with Crippen molar-refractivity contribution in [3.63, 3.8) is 0 Å². The zero-order chi connectivity index (χ0) is 22.3. The number of ether oxygens (including phenoxy) is 1. The van der Waals surface area contributed by atoms with Crippen LogP contribution in [0.15, 0.2) is 54.6 Å². The zero-order valence-corrected chi connectivity index (χ0v) is 17.2. The largest absolute Gasteiger partial charge is 0.481 e. The van der Waals surface area contributed by atoms with E-state index in [1.807, 2.05) is 6.92 Å². The minimum absolute atomic E-state index is 0.108. The number of benzene rings is 2. The van der Waals surface area contributed by atoms with Crippen molar-refractivity contribution in [1.29, 1.82) is 0 Å². The van der Waals surface area contributed by atoms with Crippen LogP contribution in [0.5, 0.6) is 5.75 Å². The molecular formula is C23H21N3O5. The number of imide groups is 1. The molecular weight excluding hydrogens is 398 g/mol. The van der Waals surface area contributed by atoms with Gasteiger partial charge in [-0.05, 0) is 38.1 Å². The van der Waals surface area contributed by atoms with E-state index in [1.165, 1.54) is 6.92 Å². The van der Waals surface area contributed by atoms with Crippen molar-refractivity contribution in [2.24, 2.45) is 0 Å². The molecule has 1 unspecified atom stereocenters. The van der Waals surface area contributed by atoms with E-state index in [-0.39, 0.29) is 23.6 Å². The highest BCUT2D eigenvalue weighted by atomic mass is 16.5. The maximum Gasteiger partial charge on any atom is 0.265 e. The zero-order valence-electron chi connectivity index (χ0n) is 17.2. The van der Waals surface area contributed by atoms with Crippen LogP contribution in [0.4, 0.5) is 11.4 Å². The van der Waals surface area contributed by atoms with E-state index in [0.717, 1.165) is 10.5 Å². The Kier molecular flexibility index (Phi) is 5.06. The summed E-state index contributed by atoms with van der Waals surface area (Å²) < 4.78 is 5.52. The number of carbonyl (C=O) groups excluding carboxylic acids is 4. The minimum Gasteiger partial charge on any atom is -0.481 e. The monoisotopic (exact) mass is 419 g/mol. The van der Waals surface area contributed by atoms with Crippen molar-refractivity contribution in [2.45, 2.75) is 19.9 Å². The van der Waals surface area contributed by atoms with Gasteiger partial charge in [0.25, 0.3) is 17.7 Å². The molecule has 8 nitrogen and oxygen atoms in total. The lowest BCUT2D eigenvalue weighted by Crippen LogP contribution is -2.45. The normalized spacial score (nSPS) is 15.9. The molecule has 0 aromatic heterocycles. The number of nitrogens with zero attached hydrogens (tertiary/aromatic N) is 2. The van der Waals surface area contributed by atoms with Gasteiger partial charge < -0.3 is 15.0 Å². The first kappa shape index (κ1) is 20.3. The van der Waals surface area contributed by atoms with Gasteiger partial charge >= 0.3 is 0 Å². The fourth-order valence-corrected chi connectivity index (χ4v) is 3.65. The SMILES string of the molecule is C=C(C)CN1C(=O)COc2cc(NC(=O)C(C)N3C(=O)c4ccccc4C3=O)ccc21. The van der Waals surface area contributed by atoms with Crippen LogP contribution in [-0.4, -0.2) is 47.7 Å². The molecule has 0 spiro atoms. The summed E-state index contributed by atoms with van der Waals surface area (Å²) in [7, 11) is 0. The van der Waals surface area contributed by atoms with Gasteiger partial charge in [0.05, 0.1) is 16.8 Å². The van der Waals surface area contributed by atoms with Gasteiger partial charge in [-0.15, -0.1) is 0 Å². The lowest BCUT2D eigenvalue weighted by Gasteiger charge is -2.30. The molecule has 4 amide bonds. The molecule has 2 aliphatic heterocycles. The number of hydrogen-bond acceptors (Lipinski definition) is 5. The van der Waals surface area contributed by atoms with Crippen molar-refractivity contribution in [3.05, 3.63) is 65.7 Å². The van der Waals surface area contributed by atoms with E-state index < -0.39 is 23.8 Å². The Morgan fingerprint density at radius 1 is 1.13 bits per heavy atom. The molecule has 8 heteroatoms. The van der Waals surface area contributed by atoms with Crippen molar-refractivity contribution < 1.29 is 23.9 Å². The Hall–Kier alpha value is -3.94. The summed E-state index contributed by atoms with van der Waals surface area (Å²) in [5, 5.41) is 2.72. The summed E-state index contributed by atoms with van der Waals surface area (Å²) in [5.74, 6) is -1.23. The van der Waals surface area contributed by atoms with E-state index in [0.29, 0.717) is 23.7 Å². The first-order chi connectivity index (χ1) is 14.8. The third-order valence-electron chi connectivity index (χ3n) is 5.19. The lowest BCUT2D eigenvalue weighted by molar-refractivity contribution is -0.121. The molecule has 0 fully saturated rings. The van der Waals surface area contributed by atoms with Gasteiger partial charge in [0.2, 0.25) is 5.91 Å². The molecule has 0 saturated carbocycles. The van der Waals surface area contributed by atoms with E-state index in [9.17, 15) is 19.2 Å². The van der Waals surface area contributed by atoms with Crippen LogP contribution in [0.2, 0.25) is 0 Å². The molecule has 1 N–H and O–H groups in total. The Bertz CT molecular complexity index is 1100. The van der Waals surface area contributed by atoms with Crippen LogP contribution in [0.25, 0.3) is 0 Å². The second kappa shape index (κ2) is 7.71. The highest BCUT2D eigenvalue weighted by Crippen LogP contribution is 2.35. The Morgan fingerprint density at radius 2 is 1.77 bits per heavy atom. The van der Waals surface area contributed by atoms with Gasteiger partial charge in [0.1, 0.15) is 11.8 Å². The lowest BCUT2D eigenvalue weighted by atomic mass is 10.1.